The second kappa shape index (κ2) is 7.14. The lowest BCUT2D eigenvalue weighted by Crippen LogP contribution is -2.20. The van der Waals surface area contributed by atoms with E-state index in [2.05, 4.69) is 9.97 Å². The fourth-order valence-corrected chi connectivity index (χ4v) is 1.41. The van der Waals surface area contributed by atoms with E-state index in [1.807, 2.05) is 13.8 Å². The molecule has 0 unspecified atom stereocenters. The van der Waals surface area contributed by atoms with Gasteiger partial charge < -0.3 is 14.5 Å². The van der Waals surface area contributed by atoms with Crippen molar-refractivity contribution in [1.29, 1.82) is 0 Å². The Kier molecular flexibility index (Phi) is 5.74. The van der Waals surface area contributed by atoms with Crippen molar-refractivity contribution in [1.82, 2.24) is 9.97 Å². The van der Waals surface area contributed by atoms with Crippen LogP contribution in [0.4, 0.5) is 0 Å². The van der Waals surface area contributed by atoms with Crippen molar-refractivity contribution in [3.05, 3.63) is 28.4 Å². The molecule has 1 heterocycles. The van der Waals surface area contributed by atoms with E-state index in [4.69, 9.17) is 9.47 Å². The molecule has 0 spiro atoms. The maximum atomic E-state index is 11.4. The summed E-state index contributed by atoms with van der Waals surface area (Å²) in [7, 11) is 0. The van der Waals surface area contributed by atoms with Gasteiger partial charge in [-0.05, 0) is 20.3 Å². The third-order valence-electron chi connectivity index (χ3n) is 2.15. The Hall–Kier alpha value is -1.20. The first-order valence-electron chi connectivity index (χ1n) is 5.52. The summed E-state index contributed by atoms with van der Waals surface area (Å²) in [6.07, 6.45) is 3.99. The Morgan fingerprint density at radius 2 is 2.06 bits per heavy atom. The molecular weight excluding hydrogens is 208 g/mol. The number of aromatic nitrogens is 2. The predicted octanol–water partition coefficient (Wildman–Crippen LogP) is 1.10. The van der Waals surface area contributed by atoms with Gasteiger partial charge >= 0.3 is 0 Å². The fourth-order valence-electron chi connectivity index (χ4n) is 1.41. The van der Waals surface area contributed by atoms with Gasteiger partial charge in [-0.1, -0.05) is 0 Å². The molecule has 1 aromatic rings. The largest absolute Gasteiger partial charge is 0.353 e. The molecule has 0 bridgehead atoms. The third kappa shape index (κ3) is 4.12. The molecular formula is C11H18N2O3. The Labute approximate surface area is 94.8 Å². The van der Waals surface area contributed by atoms with Crippen molar-refractivity contribution in [3.63, 3.8) is 0 Å². The van der Waals surface area contributed by atoms with Gasteiger partial charge in [0.25, 0.3) is 5.56 Å². The molecule has 0 aliphatic rings. The Balaban J connectivity index is 2.48. The Bertz CT molecular complexity index is 345. The van der Waals surface area contributed by atoms with Crippen LogP contribution in [-0.4, -0.2) is 29.5 Å². The number of H-pyrrole nitrogens is 1. The molecule has 0 atom stereocenters. The maximum absolute atomic E-state index is 11.4. The second-order valence-corrected chi connectivity index (χ2v) is 3.28. The summed E-state index contributed by atoms with van der Waals surface area (Å²) in [4.78, 5) is 17.8. The van der Waals surface area contributed by atoms with Gasteiger partial charge in [0.15, 0.2) is 6.29 Å². The van der Waals surface area contributed by atoms with Crippen molar-refractivity contribution >= 4 is 0 Å². The van der Waals surface area contributed by atoms with Gasteiger partial charge in [0.1, 0.15) is 0 Å². The van der Waals surface area contributed by atoms with Crippen LogP contribution in [0.3, 0.4) is 0 Å². The molecule has 0 aliphatic carbocycles. The minimum atomic E-state index is -0.241. The summed E-state index contributed by atoms with van der Waals surface area (Å²) in [5.41, 5.74) is 0.564. The van der Waals surface area contributed by atoms with Crippen molar-refractivity contribution in [2.24, 2.45) is 0 Å². The number of rotatable bonds is 7. The molecule has 5 heteroatoms. The number of aryl methyl sites for hydroxylation is 1. The molecule has 16 heavy (non-hydrogen) atoms. The lowest BCUT2D eigenvalue weighted by molar-refractivity contribution is -0.139. The van der Waals surface area contributed by atoms with E-state index in [0.29, 0.717) is 31.6 Å². The summed E-state index contributed by atoms with van der Waals surface area (Å²) in [6, 6.07) is 0. The van der Waals surface area contributed by atoms with Crippen molar-refractivity contribution in [2.45, 2.75) is 33.0 Å². The molecule has 1 N–H and O–H groups in total. The Morgan fingerprint density at radius 1 is 1.38 bits per heavy atom. The zero-order valence-corrected chi connectivity index (χ0v) is 9.73. The maximum Gasteiger partial charge on any atom is 0.253 e. The predicted molar refractivity (Wildman–Crippen MR) is 60.2 cm³/mol. The van der Waals surface area contributed by atoms with E-state index in [1.54, 1.807) is 6.20 Å². The molecule has 0 fully saturated rings. The van der Waals surface area contributed by atoms with Crippen LogP contribution >= 0.6 is 0 Å². The van der Waals surface area contributed by atoms with Crippen molar-refractivity contribution in [2.75, 3.05) is 13.2 Å². The average molecular weight is 226 g/mol. The van der Waals surface area contributed by atoms with Crippen LogP contribution in [0.2, 0.25) is 0 Å². The number of hydrogen-bond donors (Lipinski definition) is 1. The van der Waals surface area contributed by atoms with Crippen LogP contribution < -0.4 is 5.56 Å². The van der Waals surface area contributed by atoms with E-state index in [1.165, 1.54) is 6.33 Å². The lowest BCUT2D eigenvalue weighted by Gasteiger charge is -2.16. The molecule has 1 aromatic heterocycles. The minimum absolute atomic E-state index is 0.0956. The molecule has 0 aliphatic heterocycles. The highest BCUT2D eigenvalue weighted by Gasteiger charge is 2.09. The van der Waals surface area contributed by atoms with E-state index in [0.717, 1.165) is 0 Å². The van der Waals surface area contributed by atoms with Gasteiger partial charge in [-0.25, -0.2) is 4.98 Å². The lowest BCUT2D eigenvalue weighted by atomic mass is 10.2. The van der Waals surface area contributed by atoms with E-state index in [-0.39, 0.29) is 11.8 Å². The highest BCUT2D eigenvalue weighted by atomic mass is 16.7. The molecule has 0 amide bonds. The highest BCUT2D eigenvalue weighted by Crippen LogP contribution is 2.05. The van der Waals surface area contributed by atoms with E-state index in [9.17, 15) is 4.79 Å². The molecule has 0 saturated heterocycles. The van der Waals surface area contributed by atoms with Crippen LogP contribution in [0, 0.1) is 0 Å². The summed E-state index contributed by atoms with van der Waals surface area (Å²) >= 11 is 0. The van der Waals surface area contributed by atoms with Crippen LogP contribution in [0.1, 0.15) is 25.8 Å². The molecule has 0 radical (unpaired) electrons. The number of aromatic amines is 1. The van der Waals surface area contributed by atoms with Gasteiger partial charge in [0, 0.05) is 31.4 Å². The molecule has 0 saturated carbocycles. The Morgan fingerprint density at radius 3 is 2.62 bits per heavy atom. The minimum Gasteiger partial charge on any atom is -0.353 e. The van der Waals surface area contributed by atoms with E-state index < -0.39 is 0 Å². The molecule has 0 aromatic carbocycles. The SMILES string of the molecule is CCOC(CCc1cnc[nH]c1=O)OCC. The summed E-state index contributed by atoms with van der Waals surface area (Å²) in [6.45, 7) is 5.05. The molecule has 1 rings (SSSR count). The normalized spacial score (nSPS) is 10.9. The van der Waals surface area contributed by atoms with Crippen LogP contribution in [0.5, 0.6) is 0 Å². The molecule has 5 nitrogen and oxygen atoms in total. The van der Waals surface area contributed by atoms with Crippen molar-refractivity contribution in [3.8, 4) is 0 Å². The fraction of sp³-hybridized carbons (Fsp3) is 0.636. The standard InChI is InChI=1S/C11H18N2O3/c1-3-15-10(16-4-2)6-5-9-7-12-8-13-11(9)14/h7-8,10H,3-6H2,1-2H3,(H,12,13,14). The highest BCUT2D eigenvalue weighted by molar-refractivity contribution is 5.02. The van der Waals surface area contributed by atoms with Gasteiger partial charge in [-0.2, -0.15) is 0 Å². The summed E-state index contributed by atoms with van der Waals surface area (Å²) < 4.78 is 10.8. The number of hydrogen-bond acceptors (Lipinski definition) is 4. The van der Waals surface area contributed by atoms with Gasteiger partial charge in [0.2, 0.25) is 0 Å². The topological polar surface area (TPSA) is 64.2 Å². The third-order valence-corrected chi connectivity index (χ3v) is 2.15. The number of nitrogens with one attached hydrogen (secondary N) is 1. The zero-order valence-electron chi connectivity index (χ0n) is 9.73. The van der Waals surface area contributed by atoms with Gasteiger partial charge in [0.05, 0.1) is 6.33 Å². The zero-order chi connectivity index (χ0) is 11.8. The van der Waals surface area contributed by atoms with Gasteiger partial charge in [-0.3, -0.25) is 4.79 Å². The van der Waals surface area contributed by atoms with Crippen LogP contribution in [0.25, 0.3) is 0 Å². The average Bonchev–Trinajstić information content (AvgIpc) is 2.28. The first kappa shape index (κ1) is 12.9. The first-order valence-corrected chi connectivity index (χ1v) is 5.52. The second-order valence-electron chi connectivity index (χ2n) is 3.28. The quantitative estimate of drug-likeness (QED) is 0.707. The monoisotopic (exact) mass is 226 g/mol. The van der Waals surface area contributed by atoms with Crippen LogP contribution in [0.15, 0.2) is 17.3 Å². The first-order chi connectivity index (χ1) is 7.77. The van der Waals surface area contributed by atoms with E-state index >= 15 is 0 Å². The molecule has 90 valence electrons. The summed E-state index contributed by atoms with van der Waals surface area (Å²) in [5.74, 6) is 0. The smallest absolute Gasteiger partial charge is 0.253 e. The number of nitrogens with zero attached hydrogens (tertiary/aromatic N) is 1. The van der Waals surface area contributed by atoms with Crippen LogP contribution in [-0.2, 0) is 15.9 Å². The number of ether oxygens (including phenoxy) is 2. The summed E-state index contributed by atoms with van der Waals surface area (Å²) in [5, 5.41) is 0. The van der Waals surface area contributed by atoms with Crippen molar-refractivity contribution < 1.29 is 9.47 Å². The van der Waals surface area contributed by atoms with Gasteiger partial charge in [-0.15, -0.1) is 0 Å².